The molecule has 0 aliphatic heterocycles. The second-order valence-corrected chi connectivity index (χ2v) is 5.02. The van der Waals surface area contributed by atoms with E-state index in [4.69, 9.17) is 4.74 Å². The van der Waals surface area contributed by atoms with Crippen LogP contribution in [0.2, 0.25) is 0 Å². The van der Waals surface area contributed by atoms with Crippen LogP contribution in [0.1, 0.15) is 36.2 Å². The van der Waals surface area contributed by atoms with E-state index in [1.807, 2.05) is 19.9 Å². The average molecular weight is 306 g/mol. The maximum Gasteiger partial charge on any atom is 0.328 e. The van der Waals surface area contributed by atoms with Gasteiger partial charge in [-0.1, -0.05) is 24.6 Å². The van der Waals surface area contributed by atoms with Crippen molar-refractivity contribution in [2.45, 2.75) is 33.2 Å². The van der Waals surface area contributed by atoms with Crippen molar-refractivity contribution >= 4 is 17.8 Å². The summed E-state index contributed by atoms with van der Waals surface area (Å²) in [5.74, 6) is -1.36. The van der Waals surface area contributed by atoms with Gasteiger partial charge in [-0.15, -0.1) is 0 Å². The van der Waals surface area contributed by atoms with Crippen LogP contribution in [0, 0.1) is 6.92 Å². The number of carbonyl (C=O) groups excluding carboxylic acids is 3. The van der Waals surface area contributed by atoms with Gasteiger partial charge in [0.2, 0.25) is 0 Å². The van der Waals surface area contributed by atoms with Crippen LogP contribution >= 0.6 is 0 Å². The highest BCUT2D eigenvalue weighted by Crippen LogP contribution is 2.04. The number of carbonyl (C=O) groups is 3. The molecule has 0 aliphatic carbocycles. The first-order chi connectivity index (χ1) is 10.4. The Morgan fingerprint density at radius 1 is 1.27 bits per heavy atom. The normalized spacial score (nSPS) is 11.4. The average Bonchev–Trinajstić information content (AvgIpc) is 2.50. The lowest BCUT2D eigenvalue weighted by Gasteiger charge is -2.13. The Bertz CT molecular complexity index is 543. The molecule has 0 spiro atoms. The van der Waals surface area contributed by atoms with Crippen LogP contribution in [0.3, 0.4) is 0 Å². The van der Waals surface area contributed by atoms with Crippen molar-refractivity contribution in [2.24, 2.45) is 0 Å². The largest absolute Gasteiger partial charge is 0.454 e. The van der Waals surface area contributed by atoms with E-state index in [9.17, 15) is 14.4 Å². The van der Waals surface area contributed by atoms with Crippen LogP contribution in [-0.4, -0.2) is 37.0 Å². The molecule has 0 saturated heterocycles. The molecule has 0 radical (unpaired) electrons. The van der Waals surface area contributed by atoms with Crippen molar-refractivity contribution in [1.29, 1.82) is 0 Å². The fourth-order valence-corrected chi connectivity index (χ4v) is 1.70. The predicted octanol–water partition coefficient (Wildman–Crippen LogP) is 1.18. The van der Waals surface area contributed by atoms with Crippen molar-refractivity contribution in [2.75, 3.05) is 13.2 Å². The lowest BCUT2D eigenvalue weighted by Crippen LogP contribution is -2.41. The van der Waals surface area contributed by atoms with Gasteiger partial charge >= 0.3 is 5.97 Å². The highest BCUT2D eigenvalue weighted by molar-refractivity contribution is 5.97. The van der Waals surface area contributed by atoms with Gasteiger partial charge in [0.1, 0.15) is 6.04 Å². The van der Waals surface area contributed by atoms with Crippen LogP contribution in [0.5, 0.6) is 0 Å². The molecule has 120 valence electrons. The van der Waals surface area contributed by atoms with Crippen LogP contribution < -0.4 is 10.6 Å². The standard InChI is InChI=1S/C16H22N2O4/c1-4-8-17-14(19)10-22-16(21)12(3)18-15(20)13-7-5-6-11(2)9-13/h5-7,9,12H,4,8,10H2,1-3H3,(H,17,19)(H,18,20)/t12-/m0/s1. The van der Waals surface area contributed by atoms with E-state index in [0.29, 0.717) is 12.1 Å². The van der Waals surface area contributed by atoms with E-state index in [-0.39, 0.29) is 18.4 Å². The number of aryl methyl sites for hydroxylation is 1. The maximum absolute atomic E-state index is 12.0. The summed E-state index contributed by atoms with van der Waals surface area (Å²) in [5, 5.41) is 5.14. The fourth-order valence-electron chi connectivity index (χ4n) is 1.70. The maximum atomic E-state index is 12.0. The highest BCUT2D eigenvalue weighted by Gasteiger charge is 2.18. The molecule has 6 nitrogen and oxygen atoms in total. The van der Waals surface area contributed by atoms with Crippen molar-refractivity contribution in [3.63, 3.8) is 0 Å². The molecule has 1 aromatic carbocycles. The van der Waals surface area contributed by atoms with Crippen LogP contribution in [0.4, 0.5) is 0 Å². The molecule has 1 aromatic rings. The molecule has 0 fully saturated rings. The van der Waals surface area contributed by atoms with E-state index in [2.05, 4.69) is 10.6 Å². The zero-order valence-corrected chi connectivity index (χ0v) is 13.1. The lowest BCUT2D eigenvalue weighted by atomic mass is 10.1. The van der Waals surface area contributed by atoms with Crippen LogP contribution in [0.15, 0.2) is 24.3 Å². The molecular formula is C16H22N2O4. The van der Waals surface area contributed by atoms with E-state index in [0.717, 1.165) is 12.0 Å². The molecule has 0 saturated carbocycles. The molecule has 1 atom stereocenters. The summed E-state index contributed by atoms with van der Waals surface area (Å²) in [7, 11) is 0. The molecule has 0 aromatic heterocycles. The van der Waals surface area contributed by atoms with Gasteiger partial charge in [0, 0.05) is 12.1 Å². The molecule has 0 bridgehead atoms. The summed E-state index contributed by atoms with van der Waals surface area (Å²) in [5.41, 5.74) is 1.43. The molecule has 22 heavy (non-hydrogen) atoms. The summed E-state index contributed by atoms with van der Waals surface area (Å²) in [6, 6.07) is 6.21. The Labute approximate surface area is 130 Å². The van der Waals surface area contributed by atoms with Crippen molar-refractivity contribution < 1.29 is 19.1 Å². The number of benzene rings is 1. The fraction of sp³-hybridized carbons (Fsp3) is 0.438. The van der Waals surface area contributed by atoms with E-state index in [1.54, 1.807) is 18.2 Å². The number of nitrogens with one attached hydrogen (secondary N) is 2. The van der Waals surface area contributed by atoms with Gasteiger partial charge in [-0.25, -0.2) is 4.79 Å². The third kappa shape index (κ3) is 5.95. The van der Waals surface area contributed by atoms with E-state index < -0.39 is 12.0 Å². The Kier molecular flexibility index (Phi) is 7.08. The first-order valence-corrected chi connectivity index (χ1v) is 7.25. The third-order valence-corrected chi connectivity index (χ3v) is 2.90. The Morgan fingerprint density at radius 2 is 2.00 bits per heavy atom. The quantitative estimate of drug-likeness (QED) is 0.741. The van der Waals surface area contributed by atoms with Crippen molar-refractivity contribution in [3.05, 3.63) is 35.4 Å². The van der Waals surface area contributed by atoms with Gasteiger partial charge < -0.3 is 15.4 Å². The van der Waals surface area contributed by atoms with Gasteiger partial charge in [0.25, 0.3) is 11.8 Å². The monoisotopic (exact) mass is 306 g/mol. The molecule has 2 amide bonds. The van der Waals surface area contributed by atoms with Crippen LogP contribution in [-0.2, 0) is 14.3 Å². The smallest absolute Gasteiger partial charge is 0.328 e. The van der Waals surface area contributed by atoms with Crippen molar-refractivity contribution in [3.8, 4) is 0 Å². The summed E-state index contributed by atoms with van der Waals surface area (Å²) >= 11 is 0. The molecule has 2 N–H and O–H groups in total. The number of rotatable bonds is 7. The first-order valence-electron chi connectivity index (χ1n) is 7.25. The van der Waals surface area contributed by atoms with Gasteiger partial charge in [-0.05, 0) is 32.4 Å². The summed E-state index contributed by atoms with van der Waals surface area (Å²) in [6.45, 7) is 5.51. The molecule has 6 heteroatoms. The first kappa shape index (κ1) is 17.7. The minimum Gasteiger partial charge on any atom is -0.454 e. The SMILES string of the molecule is CCCNC(=O)COC(=O)[C@H](C)NC(=O)c1cccc(C)c1. The van der Waals surface area contributed by atoms with Crippen LogP contribution in [0.25, 0.3) is 0 Å². The minimum absolute atomic E-state index is 0.344. The summed E-state index contributed by atoms with van der Waals surface area (Å²) in [6.07, 6.45) is 0.808. The minimum atomic E-state index is -0.827. The number of ether oxygens (including phenoxy) is 1. The van der Waals surface area contributed by atoms with E-state index in [1.165, 1.54) is 6.92 Å². The Balaban J connectivity index is 2.43. The van der Waals surface area contributed by atoms with E-state index >= 15 is 0 Å². The third-order valence-electron chi connectivity index (χ3n) is 2.90. The summed E-state index contributed by atoms with van der Waals surface area (Å²) < 4.78 is 4.86. The molecule has 0 aliphatic rings. The highest BCUT2D eigenvalue weighted by atomic mass is 16.5. The second-order valence-electron chi connectivity index (χ2n) is 5.02. The van der Waals surface area contributed by atoms with Gasteiger partial charge in [0.15, 0.2) is 6.61 Å². The zero-order chi connectivity index (χ0) is 16.5. The second kappa shape index (κ2) is 8.81. The molecule has 1 rings (SSSR count). The number of hydrogen-bond donors (Lipinski definition) is 2. The number of amides is 2. The summed E-state index contributed by atoms with van der Waals surface area (Å²) in [4.78, 5) is 35.1. The number of esters is 1. The van der Waals surface area contributed by atoms with Crippen molar-refractivity contribution in [1.82, 2.24) is 10.6 Å². The topological polar surface area (TPSA) is 84.5 Å². The lowest BCUT2D eigenvalue weighted by molar-refractivity contribution is -0.150. The molecular weight excluding hydrogens is 284 g/mol. The molecule has 0 heterocycles. The van der Waals surface area contributed by atoms with Gasteiger partial charge in [-0.3, -0.25) is 9.59 Å². The van der Waals surface area contributed by atoms with Gasteiger partial charge in [0.05, 0.1) is 0 Å². The number of hydrogen-bond acceptors (Lipinski definition) is 4. The molecule has 0 unspecified atom stereocenters. The zero-order valence-electron chi connectivity index (χ0n) is 13.1. The predicted molar refractivity (Wildman–Crippen MR) is 82.4 cm³/mol. The Morgan fingerprint density at radius 3 is 2.64 bits per heavy atom. The Hall–Kier alpha value is -2.37. The van der Waals surface area contributed by atoms with Gasteiger partial charge in [-0.2, -0.15) is 0 Å².